The van der Waals surface area contributed by atoms with Crippen molar-refractivity contribution in [2.24, 2.45) is 0 Å². The molecule has 0 fully saturated rings. The SMILES string of the molecule is COc1c(Br)cc(Br)cc1CNc1cc(C)c(Br)c(C)c1. The lowest BCUT2D eigenvalue weighted by Crippen LogP contribution is -2.03. The van der Waals surface area contributed by atoms with E-state index in [1.807, 2.05) is 6.07 Å². The van der Waals surface area contributed by atoms with E-state index in [1.165, 1.54) is 11.1 Å². The Morgan fingerprint density at radius 1 is 1.00 bits per heavy atom. The number of methoxy groups -OCH3 is 1. The van der Waals surface area contributed by atoms with Gasteiger partial charge in [-0.3, -0.25) is 0 Å². The fourth-order valence-corrected chi connectivity index (χ4v) is 3.92. The highest BCUT2D eigenvalue weighted by Crippen LogP contribution is 2.33. The molecule has 0 heterocycles. The zero-order valence-electron chi connectivity index (χ0n) is 12.1. The molecule has 2 aromatic carbocycles. The molecular weight excluding hydrogens is 462 g/mol. The molecule has 0 aliphatic carbocycles. The van der Waals surface area contributed by atoms with Crippen LogP contribution in [0.15, 0.2) is 37.7 Å². The van der Waals surface area contributed by atoms with Crippen molar-refractivity contribution in [1.82, 2.24) is 0 Å². The van der Waals surface area contributed by atoms with E-state index in [0.717, 1.165) is 30.4 Å². The molecule has 5 heteroatoms. The van der Waals surface area contributed by atoms with E-state index < -0.39 is 0 Å². The third-order valence-electron chi connectivity index (χ3n) is 3.21. The zero-order valence-corrected chi connectivity index (χ0v) is 16.8. The zero-order chi connectivity index (χ0) is 15.6. The number of aryl methyl sites for hydroxylation is 2. The number of rotatable bonds is 4. The summed E-state index contributed by atoms with van der Waals surface area (Å²) in [4.78, 5) is 0. The second kappa shape index (κ2) is 7.16. The fourth-order valence-electron chi connectivity index (χ4n) is 2.22. The highest BCUT2D eigenvalue weighted by Gasteiger charge is 2.10. The van der Waals surface area contributed by atoms with Crippen molar-refractivity contribution in [2.75, 3.05) is 12.4 Å². The van der Waals surface area contributed by atoms with E-state index in [4.69, 9.17) is 4.74 Å². The van der Waals surface area contributed by atoms with Gasteiger partial charge in [0.1, 0.15) is 5.75 Å². The van der Waals surface area contributed by atoms with E-state index in [-0.39, 0.29) is 0 Å². The Kier molecular flexibility index (Phi) is 5.74. The molecule has 21 heavy (non-hydrogen) atoms. The van der Waals surface area contributed by atoms with Crippen LogP contribution in [-0.4, -0.2) is 7.11 Å². The number of hydrogen-bond donors (Lipinski definition) is 1. The number of hydrogen-bond acceptors (Lipinski definition) is 2. The van der Waals surface area contributed by atoms with Crippen LogP contribution in [0.25, 0.3) is 0 Å². The van der Waals surface area contributed by atoms with Gasteiger partial charge in [-0.15, -0.1) is 0 Å². The first kappa shape index (κ1) is 16.8. The molecule has 0 aromatic heterocycles. The molecule has 2 aromatic rings. The van der Waals surface area contributed by atoms with Crippen molar-refractivity contribution < 1.29 is 4.74 Å². The number of anilines is 1. The molecule has 0 radical (unpaired) electrons. The maximum Gasteiger partial charge on any atom is 0.138 e. The molecule has 0 saturated carbocycles. The average Bonchev–Trinajstić information content (AvgIpc) is 2.41. The Morgan fingerprint density at radius 3 is 2.19 bits per heavy atom. The van der Waals surface area contributed by atoms with Crippen molar-refractivity contribution >= 4 is 53.5 Å². The normalized spacial score (nSPS) is 10.6. The highest BCUT2D eigenvalue weighted by atomic mass is 79.9. The van der Waals surface area contributed by atoms with Gasteiger partial charge in [-0.25, -0.2) is 0 Å². The predicted octanol–water partition coefficient (Wildman–Crippen LogP) is 6.21. The minimum atomic E-state index is 0.696. The van der Waals surface area contributed by atoms with Gasteiger partial charge >= 0.3 is 0 Å². The third kappa shape index (κ3) is 4.02. The van der Waals surface area contributed by atoms with E-state index >= 15 is 0 Å². The van der Waals surface area contributed by atoms with Gasteiger partial charge < -0.3 is 10.1 Å². The Bertz CT molecular complexity index is 648. The molecule has 0 spiro atoms. The summed E-state index contributed by atoms with van der Waals surface area (Å²) in [5.41, 5.74) is 4.64. The van der Waals surface area contributed by atoms with Crippen molar-refractivity contribution in [1.29, 1.82) is 0 Å². The molecule has 2 nitrogen and oxygen atoms in total. The van der Waals surface area contributed by atoms with Crippen LogP contribution in [-0.2, 0) is 6.54 Å². The van der Waals surface area contributed by atoms with E-state index in [0.29, 0.717) is 6.54 Å². The minimum Gasteiger partial charge on any atom is -0.495 e. The molecular formula is C16H16Br3NO. The molecule has 0 aliphatic rings. The summed E-state index contributed by atoms with van der Waals surface area (Å²) in [6.07, 6.45) is 0. The van der Waals surface area contributed by atoms with Gasteiger partial charge in [0.05, 0.1) is 11.6 Å². The number of halogens is 3. The molecule has 0 atom stereocenters. The van der Waals surface area contributed by atoms with Crippen LogP contribution in [0, 0.1) is 13.8 Å². The van der Waals surface area contributed by atoms with Gasteiger partial charge in [-0.1, -0.05) is 31.9 Å². The van der Waals surface area contributed by atoms with E-state index in [1.54, 1.807) is 7.11 Å². The van der Waals surface area contributed by atoms with Gasteiger partial charge in [0.25, 0.3) is 0 Å². The quantitative estimate of drug-likeness (QED) is 0.565. The maximum absolute atomic E-state index is 5.47. The smallest absolute Gasteiger partial charge is 0.138 e. The lowest BCUT2D eigenvalue weighted by Gasteiger charge is -2.14. The van der Waals surface area contributed by atoms with Gasteiger partial charge in [-0.05, 0) is 65.2 Å². The monoisotopic (exact) mass is 475 g/mol. The van der Waals surface area contributed by atoms with Crippen LogP contribution < -0.4 is 10.1 Å². The summed E-state index contributed by atoms with van der Waals surface area (Å²) >= 11 is 10.6. The first-order chi connectivity index (χ1) is 9.92. The van der Waals surface area contributed by atoms with Crippen molar-refractivity contribution in [3.63, 3.8) is 0 Å². The third-order valence-corrected chi connectivity index (χ3v) is 5.51. The number of nitrogens with one attached hydrogen (secondary N) is 1. The molecule has 0 saturated heterocycles. The molecule has 0 unspecified atom stereocenters. The van der Waals surface area contributed by atoms with Crippen molar-refractivity contribution in [2.45, 2.75) is 20.4 Å². The molecule has 0 amide bonds. The summed E-state index contributed by atoms with van der Waals surface area (Å²) in [5, 5.41) is 3.46. The molecule has 2 rings (SSSR count). The van der Waals surface area contributed by atoms with Gasteiger partial charge in [0.15, 0.2) is 0 Å². The summed E-state index contributed by atoms with van der Waals surface area (Å²) in [6, 6.07) is 8.32. The number of benzene rings is 2. The molecule has 1 N–H and O–H groups in total. The predicted molar refractivity (Wildman–Crippen MR) is 99.3 cm³/mol. The first-order valence-electron chi connectivity index (χ1n) is 6.45. The maximum atomic E-state index is 5.47. The Labute approximate surface area is 150 Å². The lowest BCUT2D eigenvalue weighted by molar-refractivity contribution is 0.407. The van der Waals surface area contributed by atoms with Crippen LogP contribution in [0.5, 0.6) is 5.75 Å². The number of ether oxygens (including phenoxy) is 1. The molecule has 0 aliphatic heterocycles. The van der Waals surface area contributed by atoms with Crippen LogP contribution in [0.2, 0.25) is 0 Å². The largest absolute Gasteiger partial charge is 0.495 e. The second-order valence-electron chi connectivity index (χ2n) is 4.86. The van der Waals surface area contributed by atoms with Crippen LogP contribution in [0.3, 0.4) is 0 Å². The molecule has 0 bridgehead atoms. The fraction of sp³-hybridized carbons (Fsp3) is 0.250. The van der Waals surface area contributed by atoms with Crippen molar-refractivity contribution in [3.05, 3.63) is 54.4 Å². The van der Waals surface area contributed by atoms with E-state index in [9.17, 15) is 0 Å². The minimum absolute atomic E-state index is 0.696. The van der Waals surface area contributed by atoms with Gasteiger partial charge in [0, 0.05) is 26.7 Å². The van der Waals surface area contributed by atoms with Crippen LogP contribution in [0.1, 0.15) is 16.7 Å². The summed E-state index contributed by atoms with van der Waals surface area (Å²) in [5.74, 6) is 0.858. The first-order valence-corrected chi connectivity index (χ1v) is 8.82. The highest BCUT2D eigenvalue weighted by molar-refractivity contribution is 9.11. The van der Waals surface area contributed by atoms with Crippen molar-refractivity contribution in [3.8, 4) is 5.75 Å². The van der Waals surface area contributed by atoms with Gasteiger partial charge in [0.2, 0.25) is 0 Å². The van der Waals surface area contributed by atoms with E-state index in [2.05, 4.69) is 85.2 Å². The Morgan fingerprint density at radius 2 is 1.62 bits per heavy atom. The second-order valence-corrected chi connectivity index (χ2v) is 7.42. The lowest BCUT2D eigenvalue weighted by atomic mass is 10.1. The topological polar surface area (TPSA) is 21.3 Å². The molecule has 112 valence electrons. The average molecular weight is 478 g/mol. The van der Waals surface area contributed by atoms with Crippen LogP contribution >= 0.6 is 47.8 Å². The van der Waals surface area contributed by atoms with Gasteiger partial charge in [-0.2, -0.15) is 0 Å². The summed E-state index contributed by atoms with van der Waals surface area (Å²) < 4.78 is 8.60. The summed E-state index contributed by atoms with van der Waals surface area (Å²) in [7, 11) is 1.69. The van der Waals surface area contributed by atoms with Crippen LogP contribution in [0.4, 0.5) is 5.69 Å². The Balaban J connectivity index is 2.24. The summed E-state index contributed by atoms with van der Waals surface area (Å²) in [6.45, 7) is 4.89. The standard InChI is InChI=1S/C16H16Br3NO/c1-9-4-13(5-10(2)15(9)19)20-8-11-6-12(17)7-14(18)16(11)21-3/h4-7,20H,8H2,1-3H3. The Hall–Kier alpha value is -0.520.